The molecule has 1 fully saturated rings. The highest BCUT2D eigenvalue weighted by molar-refractivity contribution is 5.97. The fourth-order valence-electron chi connectivity index (χ4n) is 4.99. The minimum absolute atomic E-state index is 0.00474. The second-order valence-electron chi connectivity index (χ2n) is 8.18. The van der Waals surface area contributed by atoms with E-state index in [2.05, 4.69) is 11.1 Å². The maximum absolute atomic E-state index is 13.4. The maximum atomic E-state index is 13.4. The summed E-state index contributed by atoms with van der Waals surface area (Å²) in [6, 6.07) is 15.3. The summed E-state index contributed by atoms with van der Waals surface area (Å²) in [6.07, 6.45) is 0.979. The van der Waals surface area contributed by atoms with E-state index in [1.807, 2.05) is 49.4 Å². The fraction of sp³-hybridized carbons (Fsp3) is 0.333. The quantitative estimate of drug-likeness (QED) is 0.703. The molecule has 0 aliphatic carbocycles. The van der Waals surface area contributed by atoms with E-state index in [9.17, 15) is 14.7 Å². The Kier molecular flexibility index (Phi) is 4.59. The molecule has 6 nitrogen and oxygen atoms in total. The molecule has 0 spiro atoms. The van der Waals surface area contributed by atoms with Gasteiger partial charge in [-0.2, -0.15) is 0 Å². The van der Waals surface area contributed by atoms with Crippen molar-refractivity contribution in [3.63, 3.8) is 0 Å². The first-order valence-electron chi connectivity index (χ1n) is 10.5. The summed E-state index contributed by atoms with van der Waals surface area (Å²) in [5.41, 5.74) is 5.28. The summed E-state index contributed by atoms with van der Waals surface area (Å²) >= 11 is 0. The van der Waals surface area contributed by atoms with Gasteiger partial charge in [0.1, 0.15) is 6.04 Å². The van der Waals surface area contributed by atoms with Crippen molar-refractivity contribution in [2.75, 3.05) is 19.7 Å². The van der Waals surface area contributed by atoms with Crippen molar-refractivity contribution in [3.8, 4) is 0 Å². The van der Waals surface area contributed by atoms with E-state index < -0.39 is 6.04 Å². The number of hydrogen-bond acceptors (Lipinski definition) is 3. The third-order valence-electron chi connectivity index (χ3n) is 6.41. The molecule has 0 bridgehead atoms. The Labute approximate surface area is 175 Å². The fourth-order valence-corrected chi connectivity index (χ4v) is 4.99. The number of hydrogen-bond donors (Lipinski definition) is 2. The van der Waals surface area contributed by atoms with Crippen LogP contribution in [0.15, 0.2) is 48.5 Å². The molecule has 1 aromatic heterocycles. The number of para-hydroxylation sites is 1. The van der Waals surface area contributed by atoms with E-state index in [1.54, 1.807) is 9.80 Å². The van der Waals surface area contributed by atoms with Gasteiger partial charge in [0.15, 0.2) is 0 Å². The first-order valence-corrected chi connectivity index (χ1v) is 10.5. The Morgan fingerprint density at radius 1 is 1.10 bits per heavy atom. The molecule has 5 rings (SSSR count). The monoisotopic (exact) mass is 403 g/mol. The number of carbonyl (C=O) groups excluding carboxylic acids is 2. The van der Waals surface area contributed by atoms with Gasteiger partial charge in [-0.15, -0.1) is 0 Å². The first-order chi connectivity index (χ1) is 14.6. The van der Waals surface area contributed by atoms with Crippen LogP contribution in [0.4, 0.5) is 0 Å². The second-order valence-corrected chi connectivity index (χ2v) is 8.18. The summed E-state index contributed by atoms with van der Waals surface area (Å²) in [5.74, 6) is -0.0762. The predicted molar refractivity (Wildman–Crippen MR) is 114 cm³/mol. The van der Waals surface area contributed by atoms with Crippen LogP contribution in [0, 0.1) is 6.92 Å². The Morgan fingerprint density at radius 2 is 1.87 bits per heavy atom. The minimum Gasteiger partial charge on any atom is -0.396 e. The molecular formula is C24H25N3O3. The number of amides is 2. The van der Waals surface area contributed by atoms with Crippen molar-refractivity contribution in [3.05, 3.63) is 70.9 Å². The number of carbonyl (C=O) groups is 2. The molecule has 3 heterocycles. The van der Waals surface area contributed by atoms with Crippen LogP contribution in [0.2, 0.25) is 0 Å². The molecule has 154 valence electrons. The van der Waals surface area contributed by atoms with E-state index in [-0.39, 0.29) is 31.0 Å². The van der Waals surface area contributed by atoms with Crippen LogP contribution in [0.5, 0.6) is 0 Å². The van der Waals surface area contributed by atoms with Crippen molar-refractivity contribution < 1.29 is 14.7 Å². The van der Waals surface area contributed by atoms with Crippen molar-refractivity contribution in [2.45, 2.75) is 31.8 Å². The molecule has 2 amide bonds. The molecule has 6 heteroatoms. The first kappa shape index (κ1) is 18.9. The van der Waals surface area contributed by atoms with Crippen molar-refractivity contribution in [1.29, 1.82) is 0 Å². The number of fused-ring (bicyclic) bond motifs is 4. The number of nitrogens with zero attached hydrogens (tertiary/aromatic N) is 2. The molecule has 0 radical (unpaired) electrons. The molecule has 30 heavy (non-hydrogen) atoms. The zero-order valence-electron chi connectivity index (χ0n) is 17.0. The molecule has 2 aliphatic heterocycles. The normalized spacial score (nSPS) is 21.1. The van der Waals surface area contributed by atoms with Crippen LogP contribution < -0.4 is 0 Å². The third kappa shape index (κ3) is 2.82. The average Bonchev–Trinajstić information content (AvgIpc) is 3.13. The van der Waals surface area contributed by atoms with Crippen LogP contribution in [-0.4, -0.2) is 57.4 Å². The van der Waals surface area contributed by atoms with Crippen molar-refractivity contribution >= 4 is 22.7 Å². The molecule has 1 saturated heterocycles. The van der Waals surface area contributed by atoms with Gasteiger partial charge in [0, 0.05) is 36.2 Å². The molecule has 2 aliphatic rings. The van der Waals surface area contributed by atoms with Crippen molar-refractivity contribution in [1.82, 2.24) is 14.8 Å². The van der Waals surface area contributed by atoms with Gasteiger partial charge >= 0.3 is 0 Å². The predicted octanol–water partition coefficient (Wildman–Crippen LogP) is 2.54. The van der Waals surface area contributed by atoms with Gasteiger partial charge in [-0.1, -0.05) is 42.5 Å². The molecule has 2 atom stereocenters. The van der Waals surface area contributed by atoms with Gasteiger partial charge in [-0.25, -0.2) is 0 Å². The van der Waals surface area contributed by atoms with Crippen LogP contribution in [0.25, 0.3) is 10.9 Å². The molecule has 1 unspecified atom stereocenters. The topological polar surface area (TPSA) is 76.6 Å². The summed E-state index contributed by atoms with van der Waals surface area (Å²) in [5, 5.41) is 10.3. The van der Waals surface area contributed by atoms with Gasteiger partial charge in [0.2, 0.25) is 11.8 Å². The van der Waals surface area contributed by atoms with Gasteiger partial charge in [-0.3, -0.25) is 9.59 Å². The highest BCUT2D eigenvalue weighted by atomic mass is 16.3. The van der Waals surface area contributed by atoms with E-state index in [0.29, 0.717) is 19.4 Å². The molecule has 0 saturated carbocycles. The standard InChI is InChI=1S/C24H25N3O3/c1-15-7-2-3-8-16(15)23-22-18(17-9-4-5-10-19(17)25-22)13-20-24(30)26(11-6-12-28)14-21(29)27(20)23/h2-5,7-10,20,23,25,28H,6,11-14H2,1H3/t20-,23?/m0/s1. The van der Waals surface area contributed by atoms with Gasteiger partial charge in [-0.05, 0) is 36.1 Å². The molecule has 2 aromatic carbocycles. The third-order valence-corrected chi connectivity index (χ3v) is 6.41. The van der Waals surface area contributed by atoms with Crippen LogP contribution in [0.1, 0.15) is 34.8 Å². The SMILES string of the molecule is Cc1ccccc1C1c2[nH]c3ccccc3c2C[C@H]2C(=O)N(CCCO)CC(=O)N12. The Bertz CT molecular complexity index is 1140. The largest absolute Gasteiger partial charge is 0.396 e. The number of nitrogens with one attached hydrogen (secondary N) is 1. The summed E-state index contributed by atoms with van der Waals surface area (Å²) < 4.78 is 0. The number of rotatable bonds is 4. The van der Waals surface area contributed by atoms with E-state index in [1.165, 1.54) is 0 Å². The zero-order valence-corrected chi connectivity index (χ0v) is 17.0. The van der Waals surface area contributed by atoms with Crippen molar-refractivity contribution in [2.24, 2.45) is 0 Å². The Morgan fingerprint density at radius 3 is 2.67 bits per heavy atom. The number of aliphatic hydroxyl groups is 1. The number of aromatic amines is 1. The second kappa shape index (κ2) is 7.29. The molecule has 2 N–H and O–H groups in total. The maximum Gasteiger partial charge on any atom is 0.246 e. The van der Waals surface area contributed by atoms with Crippen LogP contribution in [-0.2, 0) is 16.0 Å². The van der Waals surface area contributed by atoms with E-state index >= 15 is 0 Å². The van der Waals surface area contributed by atoms with Crippen LogP contribution in [0.3, 0.4) is 0 Å². The van der Waals surface area contributed by atoms with E-state index in [0.717, 1.165) is 33.3 Å². The molecular weight excluding hydrogens is 378 g/mol. The van der Waals surface area contributed by atoms with Crippen LogP contribution >= 0.6 is 0 Å². The number of aryl methyl sites for hydroxylation is 1. The number of piperazine rings is 1. The van der Waals surface area contributed by atoms with Gasteiger partial charge in [0.25, 0.3) is 0 Å². The zero-order chi connectivity index (χ0) is 20.8. The average molecular weight is 403 g/mol. The Balaban J connectivity index is 1.68. The van der Waals surface area contributed by atoms with Gasteiger partial charge < -0.3 is 19.9 Å². The number of benzene rings is 2. The molecule has 3 aromatic rings. The lowest BCUT2D eigenvalue weighted by atomic mass is 9.85. The smallest absolute Gasteiger partial charge is 0.246 e. The Hall–Kier alpha value is -3.12. The van der Waals surface area contributed by atoms with E-state index in [4.69, 9.17) is 0 Å². The lowest BCUT2D eigenvalue weighted by Gasteiger charge is -2.47. The lowest BCUT2D eigenvalue weighted by molar-refractivity contribution is -0.158. The lowest BCUT2D eigenvalue weighted by Crippen LogP contribution is -2.63. The number of aromatic nitrogens is 1. The summed E-state index contributed by atoms with van der Waals surface area (Å²) in [6.45, 7) is 2.52. The minimum atomic E-state index is -0.527. The number of H-pyrrole nitrogens is 1. The summed E-state index contributed by atoms with van der Waals surface area (Å²) in [7, 11) is 0. The highest BCUT2D eigenvalue weighted by Crippen LogP contribution is 2.43. The highest BCUT2D eigenvalue weighted by Gasteiger charge is 2.48. The summed E-state index contributed by atoms with van der Waals surface area (Å²) in [4.78, 5) is 33.7. The van der Waals surface area contributed by atoms with Gasteiger partial charge in [0.05, 0.1) is 12.6 Å². The number of aliphatic hydroxyl groups excluding tert-OH is 1.